The van der Waals surface area contributed by atoms with Crippen LogP contribution >= 0.6 is 12.6 Å². The molecule has 2 aromatic rings. The lowest BCUT2D eigenvalue weighted by Crippen LogP contribution is -2.53. The molecule has 3 N–H and O–H groups in total. The highest BCUT2D eigenvalue weighted by atomic mass is 32.1. The molecule has 36 heavy (non-hydrogen) atoms. The van der Waals surface area contributed by atoms with Crippen molar-refractivity contribution < 1.29 is 29.0 Å². The Balaban J connectivity index is 2.43. The van der Waals surface area contributed by atoms with Crippen LogP contribution in [0.4, 0.5) is 10.5 Å². The standard InChI is InChI=1S/C26H35N3O6S/c1-6-15-29(24(32)20(16-36)28-25(33)35-26(2,3)4)22(19-9-7-8-10-21(19)30)23(31)27-17-11-13-18(34-5)14-12-17/h7-14,20,22,30,36H,6,15-16H2,1-5H3,(H,27,31)(H,28,33). The summed E-state index contributed by atoms with van der Waals surface area (Å²) in [6.07, 6.45) is -0.245. The van der Waals surface area contributed by atoms with Crippen LogP contribution in [0, 0.1) is 0 Å². The van der Waals surface area contributed by atoms with E-state index in [1.807, 2.05) is 6.92 Å². The minimum Gasteiger partial charge on any atom is -0.508 e. The first-order chi connectivity index (χ1) is 17.0. The molecular weight excluding hydrogens is 482 g/mol. The molecule has 9 nitrogen and oxygen atoms in total. The molecular formula is C26H35N3O6S. The molecule has 0 fully saturated rings. The Morgan fingerprint density at radius 1 is 1.08 bits per heavy atom. The second kappa shape index (κ2) is 13.1. The minimum absolute atomic E-state index is 0.0219. The number of hydrogen-bond donors (Lipinski definition) is 4. The second-order valence-corrected chi connectivity index (χ2v) is 9.46. The maximum Gasteiger partial charge on any atom is 0.408 e. The SMILES string of the molecule is CCCN(C(=O)C(CS)NC(=O)OC(C)(C)C)C(C(=O)Nc1ccc(OC)cc1)c1ccccc1O. The molecule has 0 aliphatic rings. The number of anilines is 1. The van der Waals surface area contributed by atoms with Gasteiger partial charge in [-0.3, -0.25) is 9.59 Å². The fourth-order valence-electron chi connectivity index (χ4n) is 3.50. The predicted molar refractivity (Wildman–Crippen MR) is 141 cm³/mol. The Hall–Kier alpha value is -3.40. The van der Waals surface area contributed by atoms with Crippen molar-refractivity contribution in [2.24, 2.45) is 0 Å². The van der Waals surface area contributed by atoms with Crippen LogP contribution < -0.4 is 15.4 Å². The van der Waals surface area contributed by atoms with Crippen molar-refractivity contribution in [1.29, 1.82) is 0 Å². The Kier molecular flexibility index (Phi) is 10.5. The molecule has 0 saturated heterocycles. The zero-order chi connectivity index (χ0) is 26.9. The molecule has 0 radical (unpaired) electrons. The highest BCUT2D eigenvalue weighted by Gasteiger charge is 2.36. The van der Waals surface area contributed by atoms with Gasteiger partial charge < -0.3 is 30.1 Å². The summed E-state index contributed by atoms with van der Waals surface area (Å²) in [5.41, 5.74) is -0.0168. The van der Waals surface area contributed by atoms with Crippen LogP contribution in [0.2, 0.25) is 0 Å². The number of methoxy groups -OCH3 is 1. The number of phenolic OH excluding ortho intramolecular Hbond substituents is 1. The average molecular weight is 518 g/mol. The molecule has 2 atom stereocenters. The molecule has 0 heterocycles. The number of para-hydroxylation sites is 1. The summed E-state index contributed by atoms with van der Waals surface area (Å²) in [6.45, 7) is 7.19. The van der Waals surface area contributed by atoms with Crippen LogP contribution in [0.1, 0.15) is 45.7 Å². The van der Waals surface area contributed by atoms with Crippen molar-refractivity contribution in [3.05, 3.63) is 54.1 Å². The molecule has 0 aliphatic heterocycles. The monoisotopic (exact) mass is 517 g/mol. The van der Waals surface area contributed by atoms with Crippen LogP contribution in [-0.2, 0) is 14.3 Å². The number of hydrogen-bond acceptors (Lipinski definition) is 7. The quantitative estimate of drug-likeness (QED) is 0.352. The summed E-state index contributed by atoms with van der Waals surface area (Å²) < 4.78 is 10.4. The van der Waals surface area contributed by atoms with E-state index < -0.39 is 35.6 Å². The molecule has 0 aromatic heterocycles. The van der Waals surface area contributed by atoms with E-state index in [1.165, 1.54) is 11.0 Å². The van der Waals surface area contributed by atoms with Gasteiger partial charge in [-0.15, -0.1) is 0 Å². The Morgan fingerprint density at radius 2 is 1.72 bits per heavy atom. The van der Waals surface area contributed by atoms with Gasteiger partial charge in [0.2, 0.25) is 5.91 Å². The fraction of sp³-hybridized carbons (Fsp3) is 0.423. The number of thiol groups is 1. The number of amides is 3. The van der Waals surface area contributed by atoms with Gasteiger partial charge in [-0.25, -0.2) is 4.79 Å². The Morgan fingerprint density at radius 3 is 2.25 bits per heavy atom. The molecule has 2 aromatic carbocycles. The molecule has 10 heteroatoms. The third-order valence-corrected chi connectivity index (χ3v) is 5.43. The number of benzene rings is 2. The zero-order valence-corrected chi connectivity index (χ0v) is 22.2. The Labute approximate surface area is 217 Å². The van der Waals surface area contributed by atoms with Gasteiger partial charge in [-0.2, -0.15) is 12.6 Å². The predicted octanol–water partition coefficient (Wildman–Crippen LogP) is 4.14. The van der Waals surface area contributed by atoms with E-state index in [9.17, 15) is 19.5 Å². The molecule has 2 rings (SSSR count). The van der Waals surface area contributed by atoms with E-state index >= 15 is 0 Å². The molecule has 0 bridgehead atoms. The van der Waals surface area contributed by atoms with Crippen LogP contribution in [0.15, 0.2) is 48.5 Å². The van der Waals surface area contributed by atoms with Gasteiger partial charge in [0.05, 0.1) is 7.11 Å². The molecule has 3 amide bonds. The van der Waals surface area contributed by atoms with E-state index in [1.54, 1.807) is 70.3 Å². The third-order valence-electron chi connectivity index (χ3n) is 5.07. The van der Waals surface area contributed by atoms with Gasteiger partial charge >= 0.3 is 6.09 Å². The third kappa shape index (κ3) is 8.08. The number of alkyl carbamates (subject to hydrolysis) is 1. The summed E-state index contributed by atoms with van der Waals surface area (Å²) in [7, 11) is 1.54. The van der Waals surface area contributed by atoms with Crippen molar-refractivity contribution in [2.45, 2.75) is 51.8 Å². The summed E-state index contributed by atoms with van der Waals surface area (Å²) >= 11 is 4.25. The highest BCUT2D eigenvalue weighted by Crippen LogP contribution is 2.31. The second-order valence-electron chi connectivity index (χ2n) is 9.09. The van der Waals surface area contributed by atoms with Crippen molar-refractivity contribution >= 4 is 36.2 Å². The van der Waals surface area contributed by atoms with Crippen molar-refractivity contribution in [3.8, 4) is 11.5 Å². The van der Waals surface area contributed by atoms with Gasteiger partial charge in [0.15, 0.2) is 0 Å². The van der Waals surface area contributed by atoms with Crippen LogP contribution in [0.3, 0.4) is 0 Å². The number of aromatic hydroxyl groups is 1. The Bertz CT molecular complexity index is 1040. The lowest BCUT2D eigenvalue weighted by Gasteiger charge is -2.34. The zero-order valence-electron chi connectivity index (χ0n) is 21.3. The molecule has 0 aliphatic carbocycles. The van der Waals surface area contributed by atoms with Gasteiger partial charge in [0, 0.05) is 23.5 Å². The van der Waals surface area contributed by atoms with E-state index in [4.69, 9.17) is 9.47 Å². The van der Waals surface area contributed by atoms with E-state index in [-0.39, 0.29) is 23.6 Å². The summed E-state index contributed by atoms with van der Waals surface area (Å²) in [5.74, 6) is -0.595. The highest BCUT2D eigenvalue weighted by molar-refractivity contribution is 7.80. The number of rotatable bonds is 10. The molecule has 0 spiro atoms. The lowest BCUT2D eigenvalue weighted by molar-refractivity contribution is -0.140. The first-order valence-corrected chi connectivity index (χ1v) is 12.3. The number of ether oxygens (including phenoxy) is 2. The van der Waals surface area contributed by atoms with E-state index in [0.29, 0.717) is 17.9 Å². The summed E-state index contributed by atoms with van der Waals surface area (Å²) in [4.78, 5) is 40.9. The number of carbonyl (C=O) groups excluding carboxylic acids is 3. The maximum absolute atomic E-state index is 13.7. The largest absolute Gasteiger partial charge is 0.508 e. The molecule has 196 valence electrons. The first kappa shape index (κ1) is 28.8. The lowest BCUT2D eigenvalue weighted by atomic mass is 10.0. The summed E-state index contributed by atoms with van der Waals surface area (Å²) in [6, 6.07) is 10.8. The number of phenols is 1. The van der Waals surface area contributed by atoms with Gasteiger partial charge in [-0.05, 0) is 57.5 Å². The maximum atomic E-state index is 13.7. The average Bonchev–Trinajstić information content (AvgIpc) is 2.82. The smallest absolute Gasteiger partial charge is 0.408 e. The summed E-state index contributed by atoms with van der Waals surface area (Å²) in [5, 5.41) is 16.0. The van der Waals surface area contributed by atoms with E-state index in [2.05, 4.69) is 23.3 Å². The van der Waals surface area contributed by atoms with Gasteiger partial charge in [0.1, 0.15) is 29.2 Å². The van der Waals surface area contributed by atoms with Crippen LogP contribution in [0.5, 0.6) is 11.5 Å². The fourth-order valence-corrected chi connectivity index (χ4v) is 3.74. The van der Waals surface area contributed by atoms with Crippen molar-refractivity contribution in [3.63, 3.8) is 0 Å². The molecule has 0 saturated carbocycles. The topological polar surface area (TPSA) is 117 Å². The normalized spacial score (nSPS) is 12.7. The van der Waals surface area contributed by atoms with E-state index in [0.717, 1.165) is 0 Å². The number of nitrogens with one attached hydrogen (secondary N) is 2. The van der Waals surface area contributed by atoms with Crippen molar-refractivity contribution in [1.82, 2.24) is 10.2 Å². The van der Waals surface area contributed by atoms with Gasteiger partial charge in [-0.1, -0.05) is 25.1 Å². The van der Waals surface area contributed by atoms with Crippen molar-refractivity contribution in [2.75, 3.05) is 24.7 Å². The molecule has 2 unspecified atom stereocenters. The number of carbonyl (C=O) groups is 3. The van der Waals surface area contributed by atoms with Gasteiger partial charge in [0.25, 0.3) is 5.91 Å². The number of nitrogens with zero attached hydrogens (tertiary/aromatic N) is 1. The minimum atomic E-state index is -1.18. The van der Waals surface area contributed by atoms with Crippen LogP contribution in [-0.4, -0.2) is 59.0 Å². The first-order valence-electron chi connectivity index (χ1n) is 11.6. The van der Waals surface area contributed by atoms with Crippen LogP contribution in [0.25, 0.3) is 0 Å².